The molecule has 0 aliphatic rings. The van der Waals surface area contributed by atoms with E-state index < -0.39 is 6.16 Å². The van der Waals surface area contributed by atoms with Gasteiger partial charge in [-0.2, -0.15) is 0 Å². The van der Waals surface area contributed by atoms with Crippen LogP contribution in [0.3, 0.4) is 0 Å². The number of carbonyl (C=O) groups is 1. The van der Waals surface area contributed by atoms with Crippen molar-refractivity contribution in [2.75, 3.05) is 0 Å². The van der Waals surface area contributed by atoms with E-state index in [1.54, 1.807) is 0 Å². The van der Waals surface area contributed by atoms with Crippen LogP contribution in [0, 0.1) is 0 Å². The molecule has 0 aromatic rings. The van der Waals surface area contributed by atoms with Crippen molar-refractivity contribution in [3.63, 3.8) is 0 Å². The molecule has 0 aliphatic carbocycles. The summed E-state index contributed by atoms with van der Waals surface area (Å²) in [5.74, 6) is 0. The van der Waals surface area contributed by atoms with Crippen molar-refractivity contribution in [3.05, 3.63) is 0 Å². The van der Waals surface area contributed by atoms with E-state index in [2.05, 4.69) is 0 Å². The van der Waals surface area contributed by atoms with E-state index in [0.29, 0.717) is 0 Å². The van der Waals surface area contributed by atoms with Gasteiger partial charge in [0.25, 0.3) is 0 Å². The molecule has 0 saturated carbocycles. The van der Waals surface area contributed by atoms with Crippen molar-refractivity contribution in [2.24, 2.45) is 0 Å². The Morgan fingerprint density at radius 2 is 1.33 bits per heavy atom. The predicted molar refractivity (Wildman–Crippen MR) is 22.2 cm³/mol. The first-order valence-corrected chi connectivity index (χ1v) is 0.651. The first-order chi connectivity index (χ1) is 1.73. The van der Waals surface area contributed by atoms with Gasteiger partial charge in [-0.05, 0) is 0 Å². The molecule has 0 atom stereocenters. The second kappa shape index (κ2) is 9.41. The van der Waals surface area contributed by atoms with Gasteiger partial charge in [0.15, 0.2) is 0 Å². The minimum absolute atomic E-state index is 0. The third-order valence-corrected chi connectivity index (χ3v) is 0. The minimum Gasteiger partial charge on any atom is -0.450 e. The van der Waals surface area contributed by atoms with Crippen LogP contribution >= 0.6 is 0 Å². The molecule has 0 radical (unpaired) electrons. The van der Waals surface area contributed by atoms with E-state index in [9.17, 15) is 0 Å². The first kappa shape index (κ1) is 15.7. The smallest absolute Gasteiger partial charge is 0.450 e. The van der Waals surface area contributed by atoms with Crippen LogP contribution in [-0.4, -0.2) is 71.5 Å². The molecule has 0 saturated heterocycles. The number of carboxylic acid groups (broad SMARTS) is 2. The van der Waals surface area contributed by atoms with Gasteiger partial charge in [0.05, 0.1) is 0 Å². The van der Waals surface area contributed by atoms with Gasteiger partial charge in [0.2, 0.25) is 0 Å². The van der Waals surface area contributed by atoms with E-state index in [4.69, 9.17) is 15.0 Å². The van der Waals surface area contributed by atoms with Crippen LogP contribution in [-0.2, 0) is 0 Å². The molecule has 24 valence electrons. The Morgan fingerprint density at radius 3 is 1.33 bits per heavy atom. The molecule has 0 unspecified atom stereocenters. The Bertz CT molecular complexity index is 33.8. The van der Waals surface area contributed by atoms with Crippen LogP contribution in [0.15, 0.2) is 0 Å². The molecule has 0 amide bonds. The third-order valence-electron chi connectivity index (χ3n) is 0. The zero-order chi connectivity index (χ0) is 3.58. The van der Waals surface area contributed by atoms with E-state index in [-0.39, 0.29) is 55.1 Å². The maximum absolute atomic E-state index is 8.56. The fraction of sp³-hybridized carbons (Fsp3) is 0. The summed E-state index contributed by atoms with van der Waals surface area (Å²) in [6, 6.07) is 0. The molecule has 0 aromatic heterocycles. The van der Waals surface area contributed by atoms with E-state index in [1.807, 2.05) is 0 Å². The van der Waals surface area contributed by atoms with Crippen LogP contribution in [0.2, 0.25) is 0 Å². The Morgan fingerprint density at radius 1 is 1.33 bits per heavy atom. The summed E-state index contributed by atoms with van der Waals surface area (Å²) in [5, 5.41) is 13.9. The van der Waals surface area contributed by atoms with Gasteiger partial charge in [-0.15, -0.1) is 0 Å². The third kappa shape index (κ3) is 74.0. The van der Waals surface area contributed by atoms with Gasteiger partial charge in [0, 0.05) is 0 Å². The van der Waals surface area contributed by atoms with E-state index >= 15 is 0 Å². The van der Waals surface area contributed by atoms with Crippen molar-refractivity contribution in [3.8, 4) is 0 Å². The van der Waals surface area contributed by atoms with Crippen molar-refractivity contribution >= 4 is 61.3 Å². The Balaban J connectivity index is -0.0000000450. The molecule has 2 N–H and O–H groups in total. The fourth-order valence-electron chi connectivity index (χ4n) is 0. The average molecular weight is 129 g/mol. The van der Waals surface area contributed by atoms with Crippen molar-refractivity contribution < 1.29 is 15.0 Å². The number of hydrogen-bond donors (Lipinski definition) is 2. The SMILES string of the molecule is O=C(O)O.[Al+3].[Ca+2]. The monoisotopic (exact) mass is 129 g/mol. The van der Waals surface area contributed by atoms with Gasteiger partial charge in [-0.25, -0.2) is 4.79 Å². The molecular formula is CH2AlCaO3+5. The van der Waals surface area contributed by atoms with Gasteiger partial charge in [0.1, 0.15) is 0 Å². The van der Waals surface area contributed by atoms with E-state index in [0.717, 1.165) is 0 Å². The normalized spacial score (nSPS) is 4.00. The molecule has 0 bridgehead atoms. The zero-order valence-corrected chi connectivity index (χ0v) is 6.45. The molecular weight excluding hydrogens is 127 g/mol. The molecule has 0 fully saturated rings. The Labute approximate surface area is 75.5 Å². The molecule has 0 aromatic carbocycles. The zero-order valence-electron chi connectivity index (χ0n) is 3.09. The van der Waals surface area contributed by atoms with Crippen molar-refractivity contribution in [1.29, 1.82) is 0 Å². The van der Waals surface area contributed by atoms with Gasteiger partial charge in [-0.3, -0.25) is 0 Å². The van der Waals surface area contributed by atoms with Gasteiger partial charge < -0.3 is 10.2 Å². The average Bonchev–Trinajstić information content (AvgIpc) is 0.811. The van der Waals surface area contributed by atoms with Crippen molar-refractivity contribution in [1.82, 2.24) is 0 Å². The Hall–Kier alpha value is 1.06. The topological polar surface area (TPSA) is 57.5 Å². The van der Waals surface area contributed by atoms with Crippen molar-refractivity contribution in [2.45, 2.75) is 0 Å². The molecule has 5 heteroatoms. The van der Waals surface area contributed by atoms with Crippen LogP contribution in [0.1, 0.15) is 0 Å². The summed E-state index contributed by atoms with van der Waals surface area (Å²) in [6.45, 7) is 0. The molecule has 3 nitrogen and oxygen atoms in total. The number of rotatable bonds is 0. The molecule has 0 spiro atoms. The van der Waals surface area contributed by atoms with E-state index in [1.165, 1.54) is 0 Å². The van der Waals surface area contributed by atoms with Gasteiger partial charge in [-0.1, -0.05) is 0 Å². The minimum atomic E-state index is -1.83. The Kier molecular flexibility index (Phi) is 24.7. The summed E-state index contributed by atoms with van der Waals surface area (Å²) >= 11 is 0. The van der Waals surface area contributed by atoms with Gasteiger partial charge >= 0.3 is 61.3 Å². The molecule has 0 rings (SSSR count). The van der Waals surface area contributed by atoms with Crippen LogP contribution in [0.5, 0.6) is 0 Å². The molecule has 6 heavy (non-hydrogen) atoms. The summed E-state index contributed by atoms with van der Waals surface area (Å²) in [6.07, 6.45) is -1.83. The van der Waals surface area contributed by atoms with Crippen LogP contribution < -0.4 is 0 Å². The summed E-state index contributed by atoms with van der Waals surface area (Å²) in [5.41, 5.74) is 0. The summed E-state index contributed by atoms with van der Waals surface area (Å²) in [4.78, 5) is 8.56. The predicted octanol–water partition coefficient (Wildman–Crippen LogP) is -0.539. The summed E-state index contributed by atoms with van der Waals surface area (Å²) < 4.78 is 0. The maximum atomic E-state index is 8.56. The largest absolute Gasteiger partial charge is 3.00 e. The maximum Gasteiger partial charge on any atom is 3.00 e. The second-order valence-corrected chi connectivity index (χ2v) is 0.283. The van der Waals surface area contributed by atoms with Crippen LogP contribution in [0.4, 0.5) is 4.79 Å². The molecule has 0 aliphatic heterocycles. The standard InChI is InChI=1S/CH2O3.Al.Ca/c2-1(3)4;;/h(H2,2,3,4);;/q;+3;+2. The quantitative estimate of drug-likeness (QED) is 0.432. The fourth-order valence-corrected chi connectivity index (χ4v) is 0. The molecule has 0 heterocycles. The number of hydrogen-bond acceptors (Lipinski definition) is 1. The summed E-state index contributed by atoms with van der Waals surface area (Å²) in [7, 11) is 0. The van der Waals surface area contributed by atoms with Crippen LogP contribution in [0.25, 0.3) is 0 Å². The first-order valence-electron chi connectivity index (χ1n) is 0.651. The second-order valence-electron chi connectivity index (χ2n) is 0.283.